The molecule has 1 N–H and O–H groups in total. The minimum Gasteiger partial charge on any atom is -0.310 e. The number of hydrogen-bond donors (Lipinski definition) is 1. The van der Waals surface area contributed by atoms with Gasteiger partial charge in [0, 0.05) is 23.1 Å². The van der Waals surface area contributed by atoms with E-state index in [0.717, 1.165) is 18.1 Å². The highest BCUT2D eigenvalue weighted by molar-refractivity contribution is 6.30. The van der Waals surface area contributed by atoms with Gasteiger partial charge in [-0.3, -0.25) is 4.90 Å². The van der Waals surface area contributed by atoms with E-state index in [0.29, 0.717) is 6.04 Å². The van der Waals surface area contributed by atoms with Gasteiger partial charge in [0.1, 0.15) is 0 Å². The Bertz CT molecular complexity index is 413. The minimum atomic E-state index is 0.250. The fourth-order valence-corrected chi connectivity index (χ4v) is 3.16. The topological polar surface area (TPSA) is 15.3 Å². The van der Waals surface area contributed by atoms with Crippen LogP contribution in [0.15, 0.2) is 24.3 Å². The molecule has 1 heterocycles. The Balaban J connectivity index is 2.00. The summed E-state index contributed by atoms with van der Waals surface area (Å²) in [6, 6.07) is 8.58. The number of hydrogen-bond acceptors (Lipinski definition) is 2. The molecule has 1 fully saturated rings. The molecule has 1 aromatic carbocycles. The Kier molecular flexibility index (Phi) is 4.88. The Morgan fingerprint density at radius 3 is 2.84 bits per heavy atom. The first-order valence-corrected chi connectivity index (χ1v) is 7.59. The summed E-state index contributed by atoms with van der Waals surface area (Å²) in [6.45, 7) is 6.81. The van der Waals surface area contributed by atoms with Gasteiger partial charge in [-0.2, -0.15) is 0 Å². The van der Waals surface area contributed by atoms with E-state index in [9.17, 15) is 0 Å². The van der Waals surface area contributed by atoms with Crippen molar-refractivity contribution in [1.82, 2.24) is 10.2 Å². The van der Waals surface area contributed by atoms with Crippen molar-refractivity contribution in [2.45, 2.75) is 44.7 Å². The van der Waals surface area contributed by atoms with Crippen molar-refractivity contribution in [2.24, 2.45) is 0 Å². The number of nitrogens with zero attached hydrogens (tertiary/aromatic N) is 1. The van der Waals surface area contributed by atoms with Crippen LogP contribution >= 0.6 is 11.6 Å². The van der Waals surface area contributed by atoms with Crippen LogP contribution < -0.4 is 5.32 Å². The van der Waals surface area contributed by atoms with E-state index >= 15 is 0 Å². The van der Waals surface area contributed by atoms with E-state index < -0.39 is 0 Å². The zero-order valence-corrected chi connectivity index (χ0v) is 13.0. The van der Waals surface area contributed by atoms with Gasteiger partial charge in [0.15, 0.2) is 0 Å². The van der Waals surface area contributed by atoms with Crippen molar-refractivity contribution in [3.05, 3.63) is 34.9 Å². The quantitative estimate of drug-likeness (QED) is 0.901. The molecule has 0 radical (unpaired) electrons. The molecule has 2 nitrogen and oxygen atoms in total. The molecular weight excluding hydrogens is 256 g/mol. The second kappa shape index (κ2) is 6.25. The average Bonchev–Trinajstić information content (AvgIpc) is 2.38. The van der Waals surface area contributed by atoms with E-state index in [2.05, 4.69) is 43.2 Å². The Morgan fingerprint density at radius 2 is 2.21 bits per heavy atom. The molecule has 0 aromatic heterocycles. The largest absolute Gasteiger partial charge is 0.310 e. The molecule has 1 aliphatic heterocycles. The van der Waals surface area contributed by atoms with E-state index in [1.165, 1.54) is 24.8 Å². The van der Waals surface area contributed by atoms with Crippen LogP contribution in [0, 0.1) is 0 Å². The fraction of sp³-hybridized carbons (Fsp3) is 0.625. The van der Waals surface area contributed by atoms with Crippen LogP contribution in [0.3, 0.4) is 0 Å². The van der Waals surface area contributed by atoms with E-state index in [1.807, 2.05) is 12.1 Å². The van der Waals surface area contributed by atoms with Crippen LogP contribution in [0.4, 0.5) is 0 Å². The van der Waals surface area contributed by atoms with E-state index in [1.54, 1.807) is 0 Å². The molecule has 106 valence electrons. The zero-order valence-electron chi connectivity index (χ0n) is 12.2. The molecule has 2 rings (SSSR count). The lowest BCUT2D eigenvalue weighted by molar-refractivity contribution is 0.156. The van der Waals surface area contributed by atoms with Crippen LogP contribution in [0.5, 0.6) is 0 Å². The molecule has 0 saturated carbocycles. The molecule has 0 bridgehead atoms. The van der Waals surface area contributed by atoms with Gasteiger partial charge >= 0.3 is 0 Å². The van der Waals surface area contributed by atoms with Gasteiger partial charge in [-0.1, -0.05) is 30.2 Å². The highest BCUT2D eigenvalue weighted by Gasteiger charge is 2.29. The molecule has 0 spiro atoms. The van der Waals surface area contributed by atoms with Gasteiger partial charge in [0.05, 0.1) is 0 Å². The van der Waals surface area contributed by atoms with Crippen molar-refractivity contribution in [3.63, 3.8) is 0 Å². The van der Waals surface area contributed by atoms with Crippen molar-refractivity contribution in [1.29, 1.82) is 0 Å². The molecule has 0 aliphatic carbocycles. The molecule has 19 heavy (non-hydrogen) atoms. The molecular formula is C16H25ClN2. The van der Waals surface area contributed by atoms with Crippen LogP contribution in [0.1, 0.15) is 44.7 Å². The molecule has 1 aromatic rings. The summed E-state index contributed by atoms with van der Waals surface area (Å²) >= 11 is 6.08. The summed E-state index contributed by atoms with van der Waals surface area (Å²) in [5.74, 6) is 0. The number of rotatable bonds is 4. The van der Waals surface area contributed by atoms with Crippen LogP contribution in [-0.2, 0) is 0 Å². The van der Waals surface area contributed by atoms with E-state index in [4.69, 9.17) is 11.6 Å². The van der Waals surface area contributed by atoms with Crippen molar-refractivity contribution in [2.75, 3.05) is 20.1 Å². The summed E-state index contributed by atoms with van der Waals surface area (Å²) in [5, 5.41) is 4.50. The van der Waals surface area contributed by atoms with Gasteiger partial charge in [-0.25, -0.2) is 0 Å². The third-order valence-electron chi connectivity index (χ3n) is 4.30. The molecule has 1 saturated heterocycles. The fourth-order valence-electron chi connectivity index (χ4n) is 2.96. The van der Waals surface area contributed by atoms with E-state index in [-0.39, 0.29) is 5.54 Å². The maximum Gasteiger partial charge on any atom is 0.0409 e. The van der Waals surface area contributed by atoms with Gasteiger partial charge in [0.2, 0.25) is 0 Å². The standard InChI is InChI=1S/C16H25ClN2/c1-13(14-7-6-8-15(17)11-14)19(3)12-16(2)9-4-5-10-18-16/h6-8,11,13,18H,4-5,9-10,12H2,1-3H3. The van der Waals surface area contributed by atoms with Gasteiger partial charge < -0.3 is 5.32 Å². The monoisotopic (exact) mass is 280 g/mol. The smallest absolute Gasteiger partial charge is 0.0409 e. The summed E-state index contributed by atoms with van der Waals surface area (Å²) in [5.41, 5.74) is 1.54. The predicted molar refractivity (Wildman–Crippen MR) is 82.8 cm³/mol. The third kappa shape index (κ3) is 3.95. The van der Waals surface area contributed by atoms with Crippen LogP contribution in [0.25, 0.3) is 0 Å². The van der Waals surface area contributed by atoms with Crippen molar-refractivity contribution >= 4 is 11.6 Å². The number of piperidine rings is 1. The van der Waals surface area contributed by atoms with Gasteiger partial charge in [-0.05, 0) is 58.0 Å². The maximum atomic E-state index is 6.08. The molecule has 3 heteroatoms. The first kappa shape index (κ1) is 14.8. The molecule has 1 aliphatic rings. The Hall–Kier alpha value is -0.570. The first-order valence-electron chi connectivity index (χ1n) is 7.21. The number of halogens is 1. The lowest BCUT2D eigenvalue weighted by atomic mass is 9.90. The van der Waals surface area contributed by atoms with Gasteiger partial charge in [-0.15, -0.1) is 0 Å². The molecule has 2 atom stereocenters. The van der Waals surface area contributed by atoms with Crippen LogP contribution in [0.2, 0.25) is 5.02 Å². The maximum absolute atomic E-state index is 6.08. The number of nitrogens with one attached hydrogen (secondary N) is 1. The van der Waals surface area contributed by atoms with Gasteiger partial charge in [0.25, 0.3) is 0 Å². The van der Waals surface area contributed by atoms with Crippen molar-refractivity contribution in [3.8, 4) is 0 Å². The highest BCUT2D eigenvalue weighted by Crippen LogP contribution is 2.26. The SMILES string of the molecule is CC(c1cccc(Cl)c1)N(C)CC1(C)CCCCN1. The lowest BCUT2D eigenvalue weighted by Gasteiger charge is -2.40. The summed E-state index contributed by atoms with van der Waals surface area (Å²) in [7, 11) is 2.20. The summed E-state index contributed by atoms with van der Waals surface area (Å²) in [6.07, 6.45) is 3.91. The number of benzene rings is 1. The molecule has 0 amide bonds. The normalized spacial score (nSPS) is 25.5. The van der Waals surface area contributed by atoms with Crippen LogP contribution in [-0.4, -0.2) is 30.6 Å². The highest BCUT2D eigenvalue weighted by atomic mass is 35.5. The first-order chi connectivity index (χ1) is 9.00. The zero-order chi connectivity index (χ0) is 13.9. The average molecular weight is 281 g/mol. The molecule has 2 unspecified atom stereocenters. The Morgan fingerprint density at radius 1 is 1.42 bits per heavy atom. The minimum absolute atomic E-state index is 0.250. The second-order valence-corrected chi connectivity index (χ2v) is 6.53. The predicted octanol–water partition coefficient (Wildman–Crippen LogP) is 3.87. The lowest BCUT2D eigenvalue weighted by Crippen LogP contribution is -2.53. The number of likely N-dealkylation sites (N-methyl/N-ethyl adjacent to an activating group) is 1. The third-order valence-corrected chi connectivity index (χ3v) is 4.53. The van der Waals surface area contributed by atoms with Crippen molar-refractivity contribution < 1.29 is 0 Å². The summed E-state index contributed by atoms with van der Waals surface area (Å²) in [4.78, 5) is 2.42. The second-order valence-electron chi connectivity index (χ2n) is 6.09. The Labute approximate surface area is 122 Å². The summed E-state index contributed by atoms with van der Waals surface area (Å²) < 4.78 is 0.